The average molecular weight is 487 g/mol. The van der Waals surface area contributed by atoms with Crippen molar-refractivity contribution in [3.05, 3.63) is 24.3 Å². The third-order valence-electron chi connectivity index (χ3n) is 2.37. The number of nitrogens with two attached hydrogens (primary N) is 1. The molecule has 3 N–H and O–H groups in total. The summed E-state index contributed by atoms with van der Waals surface area (Å²) in [6, 6.07) is 5.20. The van der Waals surface area contributed by atoms with E-state index in [1.54, 1.807) is 0 Å². The molecule has 0 bridgehead atoms. The van der Waals surface area contributed by atoms with Crippen LogP contribution >= 0.6 is 24.0 Å². The van der Waals surface area contributed by atoms with Gasteiger partial charge in [0.25, 0.3) is 0 Å². The Balaban J connectivity index is 0.00000576. The predicted molar refractivity (Wildman–Crippen MR) is 90.1 cm³/mol. The van der Waals surface area contributed by atoms with Gasteiger partial charge in [0, 0.05) is 13.2 Å². The number of nitrogens with zero attached hydrogens (tertiary/aromatic N) is 1. The molecule has 0 saturated heterocycles. The van der Waals surface area contributed by atoms with Crippen molar-refractivity contribution in [2.75, 3.05) is 25.1 Å². The van der Waals surface area contributed by atoms with Gasteiger partial charge in [-0.25, -0.2) is 0 Å². The van der Waals surface area contributed by atoms with Crippen LogP contribution in [0.1, 0.15) is 6.42 Å². The Hall–Kier alpha value is -1.44. The van der Waals surface area contributed by atoms with Crippen molar-refractivity contribution in [2.24, 2.45) is 10.7 Å². The first-order valence-electron chi connectivity index (χ1n) is 6.63. The fourth-order valence-electron chi connectivity index (χ4n) is 1.52. The fourth-order valence-corrected chi connectivity index (χ4v) is 1.52. The van der Waals surface area contributed by atoms with E-state index in [1.807, 2.05) is 0 Å². The molecule has 0 atom stereocenters. The molecule has 0 heterocycles. The first kappa shape index (κ1) is 23.6. The molecule has 0 amide bonds. The zero-order valence-corrected chi connectivity index (χ0v) is 15.0. The van der Waals surface area contributed by atoms with E-state index in [0.29, 0.717) is 0 Å². The highest BCUT2D eigenvalue weighted by Gasteiger charge is 2.32. The number of guanidine groups is 1. The van der Waals surface area contributed by atoms with Gasteiger partial charge in [-0.1, -0.05) is 12.1 Å². The van der Waals surface area contributed by atoms with Crippen molar-refractivity contribution in [3.8, 4) is 5.75 Å². The molecule has 12 heteroatoms. The van der Waals surface area contributed by atoms with Gasteiger partial charge in [-0.05, 0) is 18.6 Å². The maximum Gasteiger partial charge on any atom is 0.573 e. The second kappa shape index (κ2) is 10.5. The van der Waals surface area contributed by atoms with Crippen molar-refractivity contribution in [3.63, 3.8) is 0 Å². The van der Waals surface area contributed by atoms with Crippen molar-refractivity contribution in [1.29, 1.82) is 0 Å². The van der Waals surface area contributed by atoms with Crippen LogP contribution in [0.5, 0.6) is 5.75 Å². The molecule has 0 aliphatic rings. The van der Waals surface area contributed by atoms with E-state index in [1.165, 1.54) is 18.2 Å². The standard InChI is InChI=1S/C13H15F6N3O2.HI/c14-12(15,16)8-23-7-3-6-21-11(20)22-9-4-1-2-5-10(9)24-13(17,18)19;/h1-2,4-5H,3,6-8H2,(H3,20,21,22);1H. The molecule has 0 spiro atoms. The minimum atomic E-state index is -4.86. The van der Waals surface area contributed by atoms with Crippen LogP contribution < -0.4 is 15.8 Å². The van der Waals surface area contributed by atoms with Crippen molar-refractivity contribution in [2.45, 2.75) is 19.0 Å². The van der Waals surface area contributed by atoms with Gasteiger partial charge in [0.1, 0.15) is 6.61 Å². The van der Waals surface area contributed by atoms with Crippen LogP contribution in [-0.4, -0.2) is 38.3 Å². The van der Waals surface area contributed by atoms with Gasteiger partial charge in [0.2, 0.25) is 0 Å². The Morgan fingerprint density at radius 1 is 1.12 bits per heavy atom. The van der Waals surface area contributed by atoms with Crippen LogP contribution in [0.3, 0.4) is 0 Å². The van der Waals surface area contributed by atoms with Gasteiger partial charge in [-0.2, -0.15) is 13.2 Å². The van der Waals surface area contributed by atoms with Crippen LogP contribution in [0.15, 0.2) is 29.3 Å². The van der Waals surface area contributed by atoms with Crippen LogP contribution in [0.25, 0.3) is 0 Å². The largest absolute Gasteiger partial charge is 0.573 e. The Bertz CT molecular complexity index is 551. The molecule has 0 aliphatic heterocycles. The number of benzene rings is 1. The summed E-state index contributed by atoms with van der Waals surface area (Å²) in [5.74, 6) is -0.694. The quantitative estimate of drug-likeness (QED) is 0.201. The third-order valence-corrected chi connectivity index (χ3v) is 2.37. The molecule has 5 nitrogen and oxygen atoms in total. The molecule has 0 saturated carbocycles. The highest BCUT2D eigenvalue weighted by Crippen LogP contribution is 2.29. The van der Waals surface area contributed by atoms with E-state index in [4.69, 9.17) is 5.73 Å². The van der Waals surface area contributed by atoms with E-state index < -0.39 is 24.9 Å². The van der Waals surface area contributed by atoms with E-state index in [-0.39, 0.29) is 55.2 Å². The normalized spacial score (nSPS) is 12.5. The average Bonchev–Trinajstić information content (AvgIpc) is 2.42. The number of hydrogen-bond acceptors (Lipinski definition) is 3. The number of ether oxygens (including phenoxy) is 2. The molecule has 1 rings (SSSR count). The Kier molecular flexibility index (Phi) is 9.92. The lowest BCUT2D eigenvalue weighted by molar-refractivity contribution is -0.274. The fraction of sp³-hybridized carbons (Fsp3) is 0.462. The molecular weight excluding hydrogens is 471 g/mol. The van der Waals surface area contributed by atoms with Gasteiger partial charge in [0.05, 0.1) is 5.69 Å². The van der Waals surface area contributed by atoms with Gasteiger partial charge < -0.3 is 20.5 Å². The lowest BCUT2D eigenvalue weighted by atomic mass is 10.3. The minimum absolute atomic E-state index is 0. The first-order valence-corrected chi connectivity index (χ1v) is 6.63. The molecule has 0 unspecified atom stereocenters. The minimum Gasteiger partial charge on any atom is -0.404 e. The van der Waals surface area contributed by atoms with Crippen LogP contribution in [0, 0.1) is 0 Å². The summed E-state index contributed by atoms with van der Waals surface area (Å²) in [7, 11) is 0. The third kappa shape index (κ3) is 11.7. The number of aliphatic imine (C=N–C) groups is 1. The number of halogens is 7. The first-order chi connectivity index (χ1) is 11.1. The van der Waals surface area contributed by atoms with Crippen molar-refractivity contribution >= 4 is 35.6 Å². The molecule has 25 heavy (non-hydrogen) atoms. The van der Waals surface area contributed by atoms with Gasteiger partial charge in [-0.15, -0.1) is 37.1 Å². The number of anilines is 1. The zero-order valence-electron chi connectivity index (χ0n) is 12.7. The molecule has 0 aromatic heterocycles. The highest BCUT2D eigenvalue weighted by atomic mass is 127. The maximum absolute atomic E-state index is 12.3. The van der Waals surface area contributed by atoms with Crippen molar-refractivity contribution in [1.82, 2.24) is 0 Å². The molecule has 144 valence electrons. The zero-order chi connectivity index (χ0) is 18.2. The topological polar surface area (TPSA) is 68.9 Å². The van der Waals surface area contributed by atoms with E-state index in [2.05, 4.69) is 19.8 Å². The molecule has 0 radical (unpaired) electrons. The number of rotatable bonds is 7. The maximum atomic E-state index is 12.3. The van der Waals surface area contributed by atoms with Gasteiger partial charge >= 0.3 is 12.5 Å². The van der Waals surface area contributed by atoms with Gasteiger partial charge in [-0.3, -0.25) is 4.99 Å². The molecule has 0 aliphatic carbocycles. The number of para-hydroxylation sites is 2. The lowest BCUT2D eigenvalue weighted by Gasteiger charge is -2.14. The Labute approximate surface area is 156 Å². The summed E-state index contributed by atoms with van der Waals surface area (Å²) in [5.41, 5.74) is 5.45. The van der Waals surface area contributed by atoms with Crippen molar-refractivity contribution < 1.29 is 35.8 Å². The summed E-state index contributed by atoms with van der Waals surface area (Å²) in [6.45, 7) is -1.49. The van der Waals surface area contributed by atoms with Gasteiger partial charge in [0.15, 0.2) is 11.7 Å². The molecule has 1 aromatic carbocycles. The highest BCUT2D eigenvalue weighted by molar-refractivity contribution is 14.0. The SMILES string of the molecule is I.NC(=NCCCOCC(F)(F)F)Nc1ccccc1OC(F)(F)F. The van der Waals surface area contributed by atoms with E-state index in [0.717, 1.165) is 6.07 Å². The summed E-state index contributed by atoms with van der Waals surface area (Å²) in [4.78, 5) is 3.78. The molecular formula is C13H16F6IN3O2. The number of hydrogen-bond donors (Lipinski definition) is 2. The number of alkyl halides is 6. The summed E-state index contributed by atoms with van der Waals surface area (Å²) in [6.07, 6.45) is -9.09. The smallest absolute Gasteiger partial charge is 0.404 e. The lowest BCUT2D eigenvalue weighted by Crippen LogP contribution is -2.25. The van der Waals surface area contributed by atoms with Crippen LogP contribution in [0.2, 0.25) is 0 Å². The van der Waals surface area contributed by atoms with Crippen LogP contribution in [0.4, 0.5) is 32.0 Å². The van der Waals surface area contributed by atoms with E-state index in [9.17, 15) is 26.3 Å². The summed E-state index contributed by atoms with van der Waals surface area (Å²) >= 11 is 0. The Morgan fingerprint density at radius 2 is 1.76 bits per heavy atom. The second-order valence-electron chi connectivity index (χ2n) is 4.46. The Morgan fingerprint density at radius 3 is 2.36 bits per heavy atom. The number of nitrogens with one attached hydrogen (secondary N) is 1. The monoisotopic (exact) mass is 487 g/mol. The molecule has 0 fully saturated rings. The summed E-state index contributed by atoms with van der Waals surface area (Å²) in [5, 5.41) is 2.43. The molecule has 1 aromatic rings. The predicted octanol–water partition coefficient (Wildman–Crippen LogP) is 3.90. The van der Waals surface area contributed by atoms with E-state index >= 15 is 0 Å². The summed E-state index contributed by atoms with van der Waals surface area (Å²) < 4.78 is 80.4. The van der Waals surface area contributed by atoms with Crippen LogP contribution in [-0.2, 0) is 4.74 Å². The second-order valence-corrected chi connectivity index (χ2v) is 4.46.